The number of carbonyl (C=O) groups excluding carboxylic acids is 1. The molecule has 122 valence electrons. The minimum Gasteiger partial charge on any atom is -0.305 e. The Hall–Kier alpha value is -2.69. The highest BCUT2D eigenvalue weighted by Gasteiger charge is 2.32. The van der Waals surface area contributed by atoms with E-state index in [2.05, 4.69) is 23.1 Å². The molecule has 0 spiro atoms. The van der Waals surface area contributed by atoms with Gasteiger partial charge in [-0.2, -0.15) is 5.10 Å². The van der Waals surface area contributed by atoms with Gasteiger partial charge in [0.2, 0.25) is 0 Å². The van der Waals surface area contributed by atoms with Gasteiger partial charge in [0, 0.05) is 24.5 Å². The van der Waals surface area contributed by atoms with Crippen LogP contribution in [0.2, 0.25) is 0 Å². The summed E-state index contributed by atoms with van der Waals surface area (Å²) in [6.45, 7) is 5.94. The lowest BCUT2D eigenvalue weighted by atomic mass is 10.1. The van der Waals surface area contributed by atoms with Crippen LogP contribution in [0.15, 0.2) is 30.3 Å². The number of benzene rings is 1. The topological polar surface area (TPSA) is 51.0 Å². The summed E-state index contributed by atoms with van der Waals surface area (Å²) in [4.78, 5) is 19.9. The van der Waals surface area contributed by atoms with E-state index in [4.69, 9.17) is 0 Å². The molecule has 1 aliphatic heterocycles. The molecule has 1 unspecified atom stereocenters. The molecule has 4 rings (SSSR count). The number of pyridine rings is 1. The van der Waals surface area contributed by atoms with Crippen molar-refractivity contribution in [2.24, 2.45) is 7.05 Å². The van der Waals surface area contributed by atoms with Crippen LogP contribution in [-0.2, 0) is 13.5 Å². The van der Waals surface area contributed by atoms with Crippen molar-refractivity contribution in [3.63, 3.8) is 0 Å². The highest BCUT2D eigenvalue weighted by molar-refractivity contribution is 6.14. The first-order valence-corrected chi connectivity index (χ1v) is 8.20. The Morgan fingerprint density at radius 3 is 2.79 bits per heavy atom. The van der Waals surface area contributed by atoms with Gasteiger partial charge in [-0.05, 0) is 44.9 Å². The van der Waals surface area contributed by atoms with Crippen LogP contribution in [0.5, 0.6) is 0 Å². The number of nitrogens with zero attached hydrogens (tertiary/aromatic N) is 4. The fourth-order valence-electron chi connectivity index (χ4n) is 3.74. The normalized spacial score (nSPS) is 16.7. The zero-order valence-electron chi connectivity index (χ0n) is 14.4. The molecule has 3 heterocycles. The summed E-state index contributed by atoms with van der Waals surface area (Å²) in [6.07, 6.45) is 0.890. The molecule has 0 radical (unpaired) electrons. The maximum Gasteiger partial charge on any atom is 0.259 e. The zero-order valence-corrected chi connectivity index (χ0v) is 14.4. The molecular weight excluding hydrogens is 300 g/mol. The van der Waals surface area contributed by atoms with Crippen LogP contribution in [-0.4, -0.2) is 26.7 Å². The zero-order chi connectivity index (χ0) is 17.0. The molecule has 1 amide bonds. The van der Waals surface area contributed by atoms with E-state index in [9.17, 15) is 4.79 Å². The van der Waals surface area contributed by atoms with Crippen LogP contribution in [0.1, 0.15) is 34.2 Å². The molecule has 0 bridgehead atoms. The number of fused-ring (bicyclic) bond motifs is 2. The molecule has 0 saturated carbocycles. The van der Waals surface area contributed by atoms with Gasteiger partial charge in [0.25, 0.3) is 5.91 Å². The fraction of sp³-hybridized carbons (Fsp3) is 0.316. The van der Waals surface area contributed by atoms with E-state index in [0.29, 0.717) is 5.56 Å². The van der Waals surface area contributed by atoms with Gasteiger partial charge in [0.15, 0.2) is 5.65 Å². The summed E-state index contributed by atoms with van der Waals surface area (Å²) < 4.78 is 1.75. The molecule has 3 aromatic rings. The average molecular weight is 320 g/mol. The highest BCUT2D eigenvalue weighted by Crippen LogP contribution is 2.34. The van der Waals surface area contributed by atoms with Crippen molar-refractivity contribution in [3.05, 3.63) is 52.8 Å². The predicted octanol–water partition coefficient (Wildman–Crippen LogP) is 3.18. The van der Waals surface area contributed by atoms with Crippen LogP contribution in [0.3, 0.4) is 0 Å². The Labute approximate surface area is 140 Å². The molecular formula is C19H20N4O. The largest absolute Gasteiger partial charge is 0.305 e. The Bertz CT molecular complexity index is 973. The van der Waals surface area contributed by atoms with E-state index >= 15 is 0 Å². The summed E-state index contributed by atoms with van der Waals surface area (Å²) in [5.74, 6) is 0.0269. The van der Waals surface area contributed by atoms with Crippen LogP contribution in [0.25, 0.3) is 11.0 Å². The van der Waals surface area contributed by atoms with Gasteiger partial charge in [0.05, 0.1) is 16.6 Å². The van der Waals surface area contributed by atoms with Crippen LogP contribution in [0.4, 0.5) is 5.69 Å². The first-order valence-electron chi connectivity index (χ1n) is 8.20. The average Bonchev–Trinajstić information content (AvgIpc) is 3.02. The van der Waals surface area contributed by atoms with Gasteiger partial charge >= 0.3 is 0 Å². The summed E-state index contributed by atoms with van der Waals surface area (Å²) in [7, 11) is 1.86. The summed E-state index contributed by atoms with van der Waals surface area (Å²) >= 11 is 0. The first kappa shape index (κ1) is 14.9. The molecule has 1 aliphatic rings. The van der Waals surface area contributed by atoms with Gasteiger partial charge in [-0.25, -0.2) is 4.98 Å². The van der Waals surface area contributed by atoms with Crippen LogP contribution >= 0.6 is 0 Å². The highest BCUT2D eigenvalue weighted by atomic mass is 16.2. The smallest absolute Gasteiger partial charge is 0.259 e. The number of carbonyl (C=O) groups is 1. The Kier molecular flexibility index (Phi) is 3.20. The van der Waals surface area contributed by atoms with Crippen molar-refractivity contribution >= 4 is 22.6 Å². The second kappa shape index (κ2) is 5.16. The summed E-state index contributed by atoms with van der Waals surface area (Å²) in [6, 6.07) is 10.2. The van der Waals surface area contributed by atoms with E-state index in [1.165, 1.54) is 5.56 Å². The molecule has 1 aromatic carbocycles. The third-order valence-corrected chi connectivity index (χ3v) is 4.75. The lowest BCUT2D eigenvalue weighted by molar-refractivity contribution is 0.0983. The number of aromatic nitrogens is 3. The molecule has 0 fully saturated rings. The second-order valence-corrected chi connectivity index (χ2v) is 6.58. The quantitative estimate of drug-likeness (QED) is 0.692. The van der Waals surface area contributed by atoms with Gasteiger partial charge in [-0.1, -0.05) is 18.2 Å². The molecule has 0 aliphatic carbocycles. The minimum absolute atomic E-state index is 0.0269. The fourth-order valence-corrected chi connectivity index (χ4v) is 3.74. The van der Waals surface area contributed by atoms with Crippen molar-refractivity contribution in [3.8, 4) is 0 Å². The Morgan fingerprint density at radius 2 is 2.00 bits per heavy atom. The molecule has 0 saturated heterocycles. The number of hydrogen-bond donors (Lipinski definition) is 0. The Balaban J connectivity index is 1.91. The van der Waals surface area contributed by atoms with Crippen molar-refractivity contribution in [1.29, 1.82) is 0 Å². The first-order chi connectivity index (χ1) is 11.5. The van der Waals surface area contributed by atoms with E-state index < -0.39 is 0 Å². The van der Waals surface area contributed by atoms with Crippen LogP contribution < -0.4 is 4.90 Å². The number of anilines is 1. The van der Waals surface area contributed by atoms with Gasteiger partial charge in [-0.15, -0.1) is 0 Å². The predicted molar refractivity (Wildman–Crippen MR) is 94.4 cm³/mol. The molecule has 5 heteroatoms. The minimum atomic E-state index is 0.0269. The summed E-state index contributed by atoms with van der Waals surface area (Å²) in [5.41, 5.74) is 5.35. The summed E-state index contributed by atoms with van der Waals surface area (Å²) in [5, 5.41) is 5.30. The number of hydrogen-bond acceptors (Lipinski definition) is 3. The third-order valence-electron chi connectivity index (χ3n) is 4.75. The van der Waals surface area contributed by atoms with E-state index in [-0.39, 0.29) is 11.9 Å². The monoisotopic (exact) mass is 320 g/mol. The SMILES string of the molecule is Cc1cc(C(=O)N2c3ccccc3CC2C)c2c(C)nn(C)c2n1. The maximum atomic E-state index is 13.4. The second-order valence-electron chi connectivity index (χ2n) is 6.58. The van der Waals surface area contributed by atoms with Crippen molar-refractivity contribution in [1.82, 2.24) is 14.8 Å². The van der Waals surface area contributed by atoms with Gasteiger partial charge < -0.3 is 4.90 Å². The van der Waals surface area contributed by atoms with E-state index in [0.717, 1.165) is 34.5 Å². The number of aryl methyl sites for hydroxylation is 3. The molecule has 2 aromatic heterocycles. The van der Waals surface area contributed by atoms with Crippen molar-refractivity contribution in [2.45, 2.75) is 33.2 Å². The molecule has 0 N–H and O–H groups in total. The lowest BCUT2D eigenvalue weighted by Gasteiger charge is -2.23. The standard InChI is InChI=1S/C19H20N4O/c1-11-9-15(17-13(3)21-22(4)18(17)20-11)19(24)23-12(2)10-14-7-5-6-8-16(14)23/h5-9,12H,10H2,1-4H3. The van der Waals surface area contributed by atoms with Crippen LogP contribution in [0, 0.1) is 13.8 Å². The van der Waals surface area contributed by atoms with Crippen molar-refractivity contribution in [2.75, 3.05) is 4.90 Å². The number of rotatable bonds is 1. The lowest BCUT2D eigenvalue weighted by Crippen LogP contribution is -2.36. The van der Waals surface area contributed by atoms with Gasteiger partial charge in [-0.3, -0.25) is 9.48 Å². The Morgan fingerprint density at radius 1 is 1.25 bits per heavy atom. The van der Waals surface area contributed by atoms with E-state index in [1.807, 2.05) is 50.1 Å². The maximum absolute atomic E-state index is 13.4. The number of para-hydroxylation sites is 1. The third kappa shape index (κ3) is 2.04. The van der Waals surface area contributed by atoms with E-state index in [1.54, 1.807) is 4.68 Å². The molecule has 24 heavy (non-hydrogen) atoms. The van der Waals surface area contributed by atoms with Gasteiger partial charge in [0.1, 0.15) is 0 Å². The molecule has 1 atom stereocenters. The number of amides is 1. The molecule has 5 nitrogen and oxygen atoms in total. The van der Waals surface area contributed by atoms with Crippen molar-refractivity contribution < 1.29 is 4.79 Å².